The van der Waals surface area contributed by atoms with Crippen molar-refractivity contribution in [3.63, 3.8) is 0 Å². The van der Waals surface area contributed by atoms with Gasteiger partial charge in [0.2, 0.25) is 26.0 Å². The quantitative estimate of drug-likeness (QED) is 0.530. The van der Waals surface area contributed by atoms with Crippen LogP contribution in [0.1, 0.15) is 37.7 Å². The highest BCUT2D eigenvalue weighted by molar-refractivity contribution is 7.89. The van der Waals surface area contributed by atoms with Crippen LogP contribution in [-0.2, 0) is 30.6 Å². The van der Waals surface area contributed by atoms with E-state index in [4.69, 9.17) is 23.2 Å². The van der Waals surface area contributed by atoms with Crippen molar-refractivity contribution in [3.05, 3.63) is 58.1 Å². The van der Waals surface area contributed by atoms with E-state index in [9.17, 15) is 21.6 Å². The monoisotopic (exact) mass is 573 g/mol. The van der Waals surface area contributed by atoms with Crippen LogP contribution in [0, 0.1) is 5.92 Å². The normalized spacial score (nSPS) is 20.2. The predicted molar refractivity (Wildman–Crippen MR) is 141 cm³/mol. The molecule has 4 rings (SSSR count). The maximum absolute atomic E-state index is 13.0. The van der Waals surface area contributed by atoms with Crippen molar-refractivity contribution in [1.29, 1.82) is 0 Å². The third-order valence-corrected chi connectivity index (χ3v) is 10.9. The standard InChI is InChI=1S/C24H29Cl2N3O5S2/c25-20-7-6-19(23(26)15-20)17-35(31,32)29-14-4-5-18(16-29)24(30)27-21-8-10-22(11-9-21)36(33,34)28-12-2-1-3-13-28/h6-11,15,18H,1-5,12-14,16-17H2,(H,27,30)/t18-/m0/s1. The molecule has 2 fully saturated rings. The molecule has 1 atom stereocenters. The lowest BCUT2D eigenvalue weighted by molar-refractivity contribution is -0.120. The third-order valence-electron chi connectivity index (χ3n) is 6.58. The van der Waals surface area contributed by atoms with Gasteiger partial charge >= 0.3 is 0 Å². The lowest BCUT2D eigenvalue weighted by atomic mass is 9.99. The van der Waals surface area contributed by atoms with E-state index in [-0.39, 0.29) is 28.1 Å². The average molecular weight is 575 g/mol. The molecule has 2 aromatic rings. The summed E-state index contributed by atoms with van der Waals surface area (Å²) in [6, 6.07) is 10.8. The first-order valence-electron chi connectivity index (χ1n) is 11.9. The molecule has 0 saturated carbocycles. The summed E-state index contributed by atoms with van der Waals surface area (Å²) in [6.07, 6.45) is 3.86. The zero-order valence-electron chi connectivity index (χ0n) is 19.7. The van der Waals surface area contributed by atoms with Gasteiger partial charge < -0.3 is 5.32 Å². The summed E-state index contributed by atoms with van der Waals surface area (Å²) < 4.78 is 54.5. The molecule has 8 nitrogen and oxygen atoms in total. The van der Waals surface area contributed by atoms with Crippen LogP contribution in [0.5, 0.6) is 0 Å². The highest BCUT2D eigenvalue weighted by Crippen LogP contribution is 2.27. The van der Waals surface area contributed by atoms with Gasteiger partial charge in [-0.05, 0) is 67.6 Å². The molecule has 0 aromatic heterocycles. The van der Waals surface area contributed by atoms with Gasteiger partial charge in [-0.2, -0.15) is 4.31 Å². The molecule has 2 aromatic carbocycles. The van der Waals surface area contributed by atoms with Crippen LogP contribution in [0.2, 0.25) is 10.0 Å². The molecule has 1 amide bonds. The molecule has 12 heteroatoms. The van der Waals surface area contributed by atoms with Crippen molar-refractivity contribution in [1.82, 2.24) is 8.61 Å². The summed E-state index contributed by atoms with van der Waals surface area (Å²) in [4.78, 5) is 13.1. The van der Waals surface area contributed by atoms with E-state index in [1.54, 1.807) is 24.3 Å². The zero-order valence-corrected chi connectivity index (χ0v) is 22.8. The Morgan fingerprint density at radius 1 is 0.889 bits per heavy atom. The number of hydrogen-bond donors (Lipinski definition) is 1. The summed E-state index contributed by atoms with van der Waals surface area (Å²) in [5.41, 5.74) is 0.915. The van der Waals surface area contributed by atoms with Crippen molar-refractivity contribution < 1.29 is 21.6 Å². The highest BCUT2D eigenvalue weighted by atomic mass is 35.5. The topological polar surface area (TPSA) is 104 Å². The van der Waals surface area contributed by atoms with E-state index in [0.717, 1.165) is 19.3 Å². The second-order valence-electron chi connectivity index (χ2n) is 9.17. The lowest BCUT2D eigenvalue weighted by Gasteiger charge is -2.31. The lowest BCUT2D eigenvalue weighted by Crippen LogP contribution is -2.44. The molecule has 0 radical (unpaired) electrons. The zero-order chi connectivity index (χ0) is 25.9. The van der Waals surface area contributed by atoms with E-state index in [1.807, 2.05) is 0 Å². The van der Waals surface area contributed by atoms with Crippen LogP contribution in [0.25, 0.3) is 0 Å². The van der Waals surface area contributed by atoms with E-state index in [1.165, 1.54) is 26.8 Å². The van der Waals surface area contributed by atoms with Crippen LogP contribution >= 0.6 is 23.2 Å². The third kappa shape index (κ3) is 6.41. The number of anilines is 1. The highest BCUT2D eigenvalue weighted by Gasteiger charge is 2.33. The Balaban J connectivity index is 1.38. The average Bonchev–Trinajstić information content (AvgIpc) is 2.87. The van der Waals surface area contributed by atoms with Gasteiger partial charge in [-0.25, -0.2) is 21.1 Å². The van der Waals surface area contributed by atoms with Gasteiger partial charge in [-0.1, -0.05) is 35.7 Å². The second kappa shape index (κ2) is 11.4. The van der Waals surface area contributed by atoms with Gasteiger partial charge in [-0.3, -0.25) is 4.79 Å². The van der Waals surface area contributed by atoms with Gasteiger partial charge in [0, 0.05) is 41.9 Å². The number of nitrogens with one attached hydrogen (secondary N) is 1. The fraction of sp³-hybridized carbons (Fsp3) is 0.458. The first-order valence-corrected chi connectivity index (χ1v) is 15.7. The van der Waals surface area contributed by atoms with Crippen LogP contribution in [0.3, 0.4) is 0 Å². The van der Waals surface area contributed by atoms with Gasteiger partial charge in [0.25, 0.3) is 0 Å². The summed E-state index contributed by atoms with van der Waals surface area (Å²) in [5.74, 6) is -1.10. The molecule has 0 aliphatic carbocycles. The molecular weight excluding hydrogens is 545 g/mol. The Hall–Kier alpha value is -1.69. The maximum Gasteiger partial charge on any atom is 0.243 e. The summed E-state index contributed by atoms with van der Waals surface area (Å²) in [6.45, 7) is 1.44. The molecule has 2 saturated heterocycles. The Kier molecular flexibility index (Phi) is 8.63. The second-order valence-corrected chi connectivity index (χ2v) is 13.9. The number of hydrogen-bond acceptors (Lipinski definition) is 5. The first kappa shape index (κ1) is 27.3. The minimum Gasteiger partial charge on any atom is -0.326 e. The number of amides is 1. The molecule has 0 bridgehead atoms. The Bertz CT molecular complexity index is 1310. The Morgan fingerprint density at radius 2 is 1.56 bits per heavy atom. The molecule has 2 heterocycles. The molecule has 36 heavy (non-hydrogen) atoms. The van der Waals surface area contributed by atoms with Crippen molar-refractivity contribution in [2.45, 2.75) is 42.8 Å². The van der Waals surface area contributed by atoms with Crippen LogP contribution in [-0.4, -0.2) is 57.5 Å². The van der Waals surface area contributed by atoms with E-state index < -0.39 is 26.0 Å². The van der Waals surface area contributed by atoms with Crippen molar-refractivity contribution in [2.75, 3.05) is 31.5 Å². The number of piperidine rings is 2. The van der Waals surface area contributed by atoms with Crippen LogP contribution in [0.4, 0.5) is 5.69 Å². The first-order chi connectivity index (χ1) is 17.1. The van der Waals surface area contributed by atoms with Gasteiger partial charge in [-0.15, -0.1) is 0 Å². The van der Waals surface area contributed by atoms with Gasteiger partial charge in [0.05, 0.1) is 16.6 Å². The molecule has 196 valence electrons. The van der Waals surface area contributed by atoms with Crippen molar-refractivity contribution in [3.8, 4) is 0 Å². The minimum atomic E-state index is -3.69. The number of carbonyl (C=O) groups excluding carboxylic acids is 1. The van der Waals surface area contributed by atoms with Crippen molar-refractivity contribution >= 4 is 54.8 Å². The molecule has 2 aliphatic rings. The summed E-state index contributed by atoms with van der Waals surface area (Å²) in [7, 11) is -7.24. The number of nitrogens with zero attached hydrogens (tertiary/aromatic N) is 2. The van der Waals surface area contributed by atoms with E-state index in [0.29, 0.717) is 48.7 Å². The number of sulfonamides is 2. The Morgan fingerprint density at radius 3 is 2.22 bits per heavy atom. The number of rotatable bonds is 7. The summed E-state index contributed by atoms with van der Waals surface area (Å²) in [5, 5.41) is 3.51. The number of carbonyl (C=O) groups is 1. The minimum absolute atomic E-state index is 0.0702. The molecule has 0 unspecified atom stereocenters. The van der Waals surface area contributed by atoms with E-state index >= 15 is 0 Å². The number of halogens is 2. The fourth-order valence-electron chi connectivity index (χ4n) is 4.54. The van der Waals surface area contributed by atoms with Crippen LogP contribution in [0.15, 0.2) is 47.4 Å². The maximum atomic E-state index is 13.0. The van der Waals surface area contributed by atoms with Crippen LogP contribution < -0.4 is 5.32 Å². The van der Waals surface area contributed by atoms with Crippen molar-refractivity contribution in [2.24, 2.45) is 5.92 Å². The van der Waals surface area contributed by atoms with Gasteiger partial charge in [0.15, 0.2) is 0 Å². The molecule has 2 aliphatic heterocycles. The summed E-state index contributed by atoms with van der Waals surface area (Å²) >= 11 is 12.1. The van der Waals surface area contributed by atoms with Gasteiger partial charge in [0.1, 0.15) is 0 Å². The predicted octanol–water partition coefficient (Wildman–Crippen LogP) is 4.35. The molecule has 1 N–H and O–H groups in total. The molecular formula is C24H29Cl2N3O5S2. The van der Waals surface area contributed by atoms with E-state index in [2.05, 4.69) is 5.32 Å². The smallest absolute Gasteiger partial charge is 0.243 e. The SMILES string of the molecule is O=C(Nc1ccc(S(=O)(=O)N2CCCCC2)cc1)[C@H]1CCCN(S(=O)(=O)Cc2ccc(Cl)cc2Cl)C1. The largest absolute Gasteiger partial charge is 0.326 e. The number of benzene rings is 2. The molecule has 0 spiro atoms. The fourth-order valence-corrected chi connectivity index (χ4v) is 8.26. The Labute approximate surface area is 222 Å².